The number of halogens is 2. The zero-order valence-electron chi connectivity index (χ0n) is 15.8. The number of aryl methyl sites for hydroxylation is 1. The number of rotatable bonds is 5. The van der Waals surface area contributed by atoms with Gasteiger partial charge in [0.25, 0.3) is 11.8 Å². The number of amides is 2. The molecular formula is C21H19F2N3O3. The number of para-hydroxylation sites is 1. The fraction of sp³-hybridized carbons (Fsp3) is 0.143. The second kappa shape index (κ2) is 8.55. The van der Waals surface area contributed by atoms with Crippen molar-refractivity contribution in [3.63, 3.8) is 0 Å². The van der Waals surface area contributed by atoms with Gasteiger partial charge in [-0.1, -0.05) is 18.2 Å². The number of benzene rings is 2. The van der Waals surface area contributed by atoms with Crippen LogP contribution >= 0.6 is 0 Å². The number of hydrogen-bond donors (Lipinski definition) is 2. The van der Waals surface area contributed by atoms with Crippen LogP contribution in [0.3, 0.4) is 0 Å². The van der Waals surface area contributed by atoms with Crippen molar-refractivity contribution >= 4 is 11.8 Å². The third-order valence-corrected chi connectivity index (χ3v) is 4.32. The van der Waals surface area contributed by atoms with Gasteiger partial charge in [0.15, 0.2) is 0 Å². The first kappa shape index (κ1) is 20.1. The molecule has 0 bridgehead atoms. The molecule has 2 aromatic carbocycles. The van der Waals surface area contributed by atoms with Gasteiger partial charge in [-0.15, -0.1) is 0 Å². The number of hydrazine groups is 1. The van der Waals surface area contributed by atoms with Crippen LogP contribution in [0.5, 0.6) is 5.75 Å². The summed E-state index contributed by atoms with van der Waals surface area (Å²) >= 11 is 0. The fourth-order valence-corrected chi connectivity index (χ4v) is 3.01. The van der Waals surface area contributed by atoms with Gasteiger partial charge in [0.2, 0.25) is 0 Å². The Hall–Kier alpha value is -3.68. The van der Waals surface area contributed by atoms with Gasteiger partial charge in [-0.25, -0.2) is 0 Å². The molecule has 1 aromatic heterocycles. The second-order valence-corrected chi connectivity index (χ2v) is 6.27. The summed E-state index contributed by atoms with van der Waals surface area (Å²) in [7, 11) is 0. The molecule has 6 nitrogen and oxygen atoms in total. The lowest BCUT2D eigenvalue weighted by Gasteiger charge is -2.10. The Labute approximate surface area is 166 Å². The Kier molecular flexibility index (Phi) is 5.92. The molecule has 0 aliphatic carbocycles. The normalized spacial score (nSPS) is 10.7. The van der Waals surface area contributed by atoms with Crippen molar-refractivity contribution < 1.29 is 23.1 Å². The Balaban J connectivity index is 1.67. The Morgan fingerprint density at radius 2 is 1.55 bits per heavy atom. The molecule has 1 heterocycles. The standard InChI is InChI=1S/C21H19F2N3O3/c1-13-12-18(14(2)26(13)16-6-4-3-5-7-16)20(28)25-24-19(27)15-8-10-17(11-9-15)29-21(22)23/h3-12,21H,1-2H3,(H,24,27)(H,25,28). The third kappa shape index (κ3) is 4.60. The van der Waals surface area contributed by atoms with Crippen LogP contribution in [0.25, 0.3) is 5.69 Å². The number of carbonyl (C=O) groups is 2. The summed E-state index contributed by atoms with van der Waals surface area (Å²) in [4.78, 5) is 24.7. The summed E-state index contributed by atoms with van der Waals surface area (Å²) in [6, 6.07) is 16.5. The highest BCUT2D eigenvalue weighted by molar-refractivity contribution is 6.00. The SMILES string of the molecule is Cc1cc(C(=O)NNC(=O)c2ccc(OC(F)F)cc2)c(C)n1-c1ccccc1. The van der Waals surface area contributed by atoms with Gasteiger partial charge in [-0.05, 0) is 56.3 Å². The van der Waals surface area contributed by atoms with Crippen molar-refractivity contribution in [1.82, 2.24) is 15.4 Å². The van der Waals surface area contributed by atoms with Crippen LogP contribution in [-0.2, 0) is 0 Å². The van der Waals surface area contributed by atoms with Crippen LogP contribution in [0.15, 0.2) is 60.7 Å². The van der Waals surface area contributed by atoms with Gasteiger partial charge in [0, 0.05) is 22.6 Å². The average Bonchev–Trinajstić information content (AvgIpc) is 3.01. The Bertz CT molecular complexity index is 1020. The van der Waals surface area contributed by atoms with E-state index >= 15 is 0 Å². The first-order valence-corrected chi connectivity index (χ1v) is 8.76. The lowest BCUT2D eigenvalue weighted by atomic mass is 10.2. The van der Waals surface area contributed by atoms with Crippen molar-refractivity contribution in [3.05, 3.63) is 83.2 Å². The van der Waals surface area contributed by atoms with Gasteiger partial charge in [0.05, 0.1) is 5.56 Å². The number of ether oxygens (including phenoxy) is 1. The van der Waals surface area contributed by atoms with Crippen LogP contribution in [0, 0.1) is 13.8 Å². The maximum Gasteiger partial charge on any atom is 0.387 e. The molecule has 3 aromatic rings. The van der Waals surface area contributed by atoms with Crippen molar-refractivity contribution in [2.75, 3.05) is 0 Å². The van der Waals surface area contributed by atoms with E-state index in [2.05, 4.69) is 15.6 Å². The predicted octanol–water partition coefficient (Wildman–Crippen LogP) is 3.77. The second-order valence-electron chi connectivity index (χ2n) is 6.27. The van der Waals surface area contributed by atoms with E-state index in [0.29, 0.717) is 5.56 Å². The smallest absolute Gasteiger partial charge is 0.387 e. The van der Waals surface area contributed by atoms with E-state index in [0.717, 1.165) is 17.1 Å². The van der Waals surface area contributed by atoms with E-state index in [-0.39, 0.29) is 11.3 Å². The molecule has 0 aliphatic heterocycles. The van der Waals surface area contributed by atoms with Crippen LogP contribution < -0.4 is 15.6 Å². The summed E-state index contributed by atoms with van der Waals surface area (Å²) in [6.45, 7) is 0.764. The summed E-state index contributed by atoms with van der Waals surface area (Å²) in [5.41, 5.74) is 7.83. The van der Waals surface area contributed by atoms with E-state index in [4.69, 9.17) is 0 Å². The van der Waals surface area contributed by atoms with E-state index in [9.17, 15) is 18.4 Å². The molecule has 3 rings (SSSR count). The summed E-state index contributed by atoms with van der Waals surface area (Å²) in [5, 5.41) is 0. The van der Waals surface area contributed by atoms with Gasteiger partial charge >= 0.3 is 6.61 Å². The highest BCUT2D eigenvalue weighted by Crippen LogP contribution is 2.20. The van der Waals surface area contributed by atoms with E-state index in [1.165, 1.54) is 24.3 Å². The molecule has 0 spiro atoms. The molecular weight excluding hydrogens is 380 g/mol. The van der Waals surface area contributed by atoms with Crippen LogP contribution in [0.2, 0.25) is 0 Å². The monoisotopic (exact) mass is 399 g/mol. The Morgan fingerprint density at radius 1 is 0.931 bits per heavy atom. The molecule has 8 heteroatoms. The molecule has 0 saturated carbocycles. The van der Waals surface area contributed by atoms with Gasteiger partial charge in [-0.3, -0.25) is 20.4 Å². The summed E-state index contributed by atoms with van der Waals surface area (Å²) in [6.07, 6.45) is 0. The first-order chi connectivity index (χ1) is 13.9. The quantitative estimate of drug-likeness (QED) is 0.642. The summed E-state index contributed by atoms with van der Waals surface area (Å²) in [5.74, 6) is -1.11. The fourth-order valence-electron chi connectivity index (χ4n) is 3.01. The molecule has 0 saturated heterocycles. The lowest BCUT2D eigenvalue weighted by molar-refractivity contribution is -0.0498. The zero-order chi connectivity index (χ0) is 21.0. The maximum atomic E-state index is 12.5. The minimum Gasteiger partial charge on any atom is -0.435 e. The van der Waals surface area contributed by atoms with Gasteiger partial charge in [-0.2, -0.15) is 8.78 Å². The average molecular weight is 399 g/mol. The van der Waals surface area contributed by atoms with Crippen molar-refractivity contribution in [1.29, 1.82) is 0 Å². The third-order valence-electron chi connectivity index (χ3n) is 4.32. The molecule has 0 atom stereocenters. The molecule has 2 N–H and O–H groups in total. The number of carbonyl (C=O) groups excluding carboxylic acids is 2. The number of alkyl halides is 2. The van der Waals surface area contributed by atoms with Crippen LogP contribution in [0.1, 0.15) is 32.1 Å². The number of hydrogen-bond acceptors (Lipinski definition) is 3. The zero-order valence-corrected chi connectivity index (χ0v) is 15.8. The molecule has 0 radical (unpaired) electrons. The number of nitrogens with zero attached hydrogens (tertiary/aromatic N) is 1. The van der Waals surface area contributed by atoms with Gasteiger partial charge < -0.3 is 9.30 Å². The number of nitrogens with one attached hydrogen (secondary N) is 2. The molecule has 150 valence electrons. The molecule has 0 unspecified atom stereocenters. The van der Waals surface area contributed by atoms with E-state index in [1.807, 2.05) is 48.7 Å². The highest BCUT2D eigenvalue weighted by atomic mass is 19.3. The minimum absolute atomic E-state index is 0.0612. The Morgan fingerprint density at radius 3 is 2.17 bits per heavy atom. The van der Waals surface area contributed by atoms with Crippen molar-refractivity contribution in [2.45, 2.75) is 20.5 Å². The maximum absolute atomic E-state index is 12.5. The topological polar surface area (TPSA) is 72.4 Å². The van der Waals surface area contributed by atoms with Gasteiger partial charge in [0.1, 0.15) is 5.75 Å². The summed E-state index contributed by atoms with van der Waals surface area (Å²) < 4.78 is 30.5. The lowest BCUT2D eigenvalue weighted by Crippen LogP contribution is -2.41. The van der Waals surface area contributed by atoms with Crippen LogP contribution in [-0.4, -0.2) is 23.0 Å². The highest BCUT2D eigenvalue weighted by Gasteiger charge is 2.17. The largest absolute Gasteiger partial charge is 0.435 e. The first-order valence-electron chi connectivity index (χ1n) is 8.76. The minimum atomic E-state index is -2.94. The molecule has 0 aliphatic rings. The van der Waals surface area contributed by atoms with Crippen LogP contribution in [0.4, 0.5) is 8.78 Å². The van der Waals surface area contributed by atoms with Crippen molar-refractivity contribution in [3.8, 4) is 11.4 Å². The number of aromatic nitrogens is 1. The van der Waals surface area contributed by atoms with E-state index < -0.39 is 18.4 Å². The molecule has 2 amide bonds. The predicted molar refractivity (Wildman–Crippen MR) is 103 cm³/mol. The molecule has 29 heavy (non-hydrogen) atoms. The van der Waals surface area contributed by atoms with Crippen molar-refractivity contribution in [2.24, 2.45) is 0 Å². The molecule has 0 fully saturated rings. The van der Waals surface area contributed by atoms with E-state index in [1.54, 1.807) is 6.07 Å².